The first kappa shape index (κ1) is 14.7. The highest BCUT2D eigenvalue weighted by Gasteiger charge is 2.28. The third-order valence-corrected chi connectivity index (χ3v) is 4.16. The van der Waals surface area contributed by atoms with Gasteiger partial charge in [0.15, 0.2) is 0 Å². The average Bonchev–Trinajstić information content (AvgIpc) is 2.37. The zero-order valence-electron chi connectivity index (χ0n) is 12.3. The maximum atomic E-state index is 12.3. The molecule has 1 aromatic carbocycles. The third kappa shape index (κ3) is 3.04. The molecule has 0 saturated heterocycles. The highest BCUT2D eigenvalue weighted by molar-refractivity contribution is 5.97. The van der Waals surface area contributed by atoms with Crippen LogP contribution in [0.1, 0.15) is 26.2 Å². The normalized spacial score (nSPS) is 16.6. The Morgan fingerprint density at radius 3 is 2.70 bits per heavy atom. The smallest absolute Gasteiger partial charge is 0.241 e. The molecule has 1 aliphatic rings. The first-order valence-electron chi connectivity index (χ1n) is 6.99. The zero-order chi connectivity index (χ0) is 14.7. The first-order chi connectivity index (χ1) is 9.52. The number of anilines is 2. The number of carbonyl (C=O) groups excluding carboxylic acids is 1. The number of nitrogen functional groups attached to an aromatic ring is 1. The number of methoxy groups -OCH3 is 1. The highest BCUT2D eigenvalue weighted by Crippen LogP contribution is 2.27. The summed E-state index contributed by atoms with van der Waals surface area (Å²) in [5, 5.41) is 2.88. The molecule has 20 heavy (non-hydrogen) atoms. The van der Waals surface area contributed by atoms with Crippen LogP contribution in [0.3, 0.4) is 0 Å². The SMILES string of the molecule is COc1ccc(NC(=O)C(C)N(C)C2CCC2)c(N)c1. The Labute approximate surface area is 120 Å². The van der Waals surface area contributed by atoms with Crippen LogP contribution in [0, 0.1) is 0 Å². The molecule has 0 bridgehead atoms. The summed E-state index contributed by atoms with van der Waals surface area (Å²) in [5.74, 6) is 0.649. The number of benzene rings is 1. The highest BCUT2D eigenvalue weighted by atomic mass is 16.5. The monoisotopic (exact) mass is 277 g/mol. The number of rotatable bonds is 5. The predicted molar refractivity (Wildman–Crippen MR) is 80.9 cm³/mol. The van der Waals surface area contributed by atoms with Crippen molar-refractivity contribution >= 4 is 17.3 Å². The lowest BCUT2D eigenvalue weighted by atomic mass is 9.91. The van der Waals surface area contributed by atoms with Crippen LogP contribution in [-0.4, -0.2) is 37.0 Å². The second-order valence-corrected chi connectivity index (χ2v) is 5.37. The number of hydrogen-bond donors (Lipinski definition) is 2. The van der Waals surface area contributed by atoms with Crippen molar-refractivity contribution in [1.29, 1.82) is 0 Å². The number of nitrogens with zero attached hydrogens (tertiary/aromatic N) is 1. The molecule has 1 aliphatic carbocycles. The summed E-state index contributed by atoms with van der Waals surface area (Å²) >= 11 is 0. The lowest BCUT2D eigenvalue weighted by molar-refractivity contribution is -0.121. The molecule has 1 aromatic rings. The minimum Gasteiger partial charge on any atom is -0.497 e. The van der Waals surface area contributed by atoms with E-state index in [9.17, 15) is 4.79 Å². The van der Waals surface area contributed by atoms with Crippen LogP contribution in [0.2, 0.25) is 0 Å². The average molecular weight is 277 g/mol. The van der Waals surface area contributed by atoms with Crippen molar-refractivity contribution in [3.05, 3.63) is 18.2 Å². The van der Waals surface area contributed by atoms with Gasteiger partial charge in [0.25, 0.3) is 0 Å². The van der Waals surface area contributed by atoms with Gasteiger partial charge in [-0.15, -0.1) is 0 Å². The molecule has 5 heteroatoms. The molecule has 5 nitrogen and oxygen atoms in total. The van der Waals surface area contributed by atoms with Crippen molar-refractivity contribution in [3.8, 4) is 5.75 Å². The van der Waals surface area contributed by atoms with Crippen LogP contribution < -0.4 is 15.8 Å². The zero-order valence-corrected chi connectivity index (χ0v) is 12.3. The molecule has 0 heterocycles. The molecule has 1 fully saturated rings. The Morgan fingerprint density at radius 1 is 1.50 bits per heavy atom. The second-order valence-electron chi connectivity index (χ2n) is 5.37. The lowest BCUT2D eigenvalue weighted by Gasteiger charge is -2.37. The van der Waals surface area contributed by atoms with E-state index in [-0.39, 0.29) is 11.9 Å². The third-order valence-electron chi connectivity index (χ3n) is 4.16. The fourth-order valence-corrected chi connectivity index (χ4v) is 2.31. The molecular formula is C15H23N3O2. The van der Waals surface area contributed by atoms with E-state index in [0.717, 1.165) is 0 Å². The molecule has 3 N–H and O–H groups in total. The Balaban J connectivity index is 1.99. The van der Waals surface area contributed by atoms with Crippen molar-refractivity contribution in [2.75, 3.05) is 25.2 Å². The minimum absolute atomic E-state index is 0.0312. The molecule has 0 aliphatic heterocycles. The van der Waals surface area contributed by atoms with Gasteiger partial charge in [0.05, 0.1) is 24.5 Å². The quantitative estimate of drug-likeness (QED) is 0.809. The van der Waals surface area contributed by atoms with E-state index in [4.69, 9.17) is 10.5 Å². The van der Waals surface area contributed by atoms with E-state index < -0.39 is 0 Å². The van der Waals surface area contributed by atoms with Crippen LogP contribution >= 0.6 is 0 Å². The summed E-state index contributed by atoms with van der Waals surface area (Å²) in [7, 11) is 3.59. The van der Waals surface area contributed by atoms with E-state index in [1.807, 2.05) is 14.0 Å². The Bertz CT molecular complexity index is 486. The molecule has 110 valence electrons. The Hall–Kier alpha value is -1.75. The van der Waals surface area contributed by atoms with E-state index in [1.54, 1.807) is 25.3 Å². The molecule has 0 radical (unpaired) electrons. The van der Waals surface area contributed by atoms with E-state index >= 15 is 0 Å². The number of carbonyl (C=O) groups is 1. The second kappa shape index (κ2) is 6.13. The first-order valence-corrected chi connectivity index (χ1v) is 6.99. The van der Waals surface area contributed by atoms with E-state index in [1.165, 1.54) is 19.3 Å². The van der Waals surface area contributed by atoms with E-state index in [0.29, 0.717) is 23.2 Å². The van der Waals surface area contributed by atoms with Crippen molar-refractivity contribution < 1.29 is 9.53 Å². The van der Waals surface area contributed by atoms with Gasteiger partial charge in [0.2, 0.25) is 5.91 Å². The number of nitrogens with one attached hydrogen (secondary N) is 1. The van der Waals surface area contributed by atoms with Crippen LogP contribution in [0.4, 0.5) is 11.4 Å². The fourth-order valence-electron chi connectivity index (χ4n) is 2.31. The van der Waals surface area contributed by atoms with Crippen molar-refractivity contribution in [3.63, 3.8) is 0 Å². The molecular weight excluding hydrogens is 254 g/mol. The largest absolute Gasteiger partial charge is 0.497 e. The number of hydrogen-bond acceptors (Lipinski definition) is 4. The van der Waals surface area contributed by atoms with Crippen LogP contribution in [0.25, 0.3) is 0 Å². The van der Waals surface area contributed by atoms with Crippen LogP contribution in [-0.2, 0) is 4.79 Å². The lowest BCUT2D eigenvalue weighted by Crippen LogP contribution is -2.48. The molecule has 2 rings (SSSR count). The standard InChI is InChI=1S/C15H23N3O2/c1-10(18(2)11-5-4-6-11)15(19)17-14-8-7-12(20-3)9-13(14)16/h7-11H,4-6,16H2,1-3H3,(H,17,19). The van der Waals surface area contributed by atoms with E-state index in [2.05, 4.69) is 10.2 Å². The van der Waals surface area contributed by atoms with Crippen molar-refractivity contribution in [2.24, 2.45) is 0 Å². The summed E-state index contributed by atoms with van der Waals surface area (Å²) in [6.45, 7) is 1.92. The molecule has 0 spiro atoms. The van der Waals surface area contributed by atoms with Gasteiger partial charge in [-0.25, -0.2) is 0 Å². The van der Waals surface area contributed by atoms with Gasteiger partial charge in [0.1, 0.15) is 5.75 Å². The minimum atomic E-state index is -0.165. The number of amides is 1. The predicted octanol–water partition coefficient (Wildman–Crippen LogP) is 2.09. The van der Waals surface area contributed by atoms with Gasteiger partial charge >= 0.3 is 0 Å². The van der Waals surface area contributed by atoms with Gasteiger partial charge in [0, 0.05) is 12.1 Å². The number of nitrogens with two attached hydrogens (primary N) is 1. The number of likely N-dealkylation sites (N-methyl/N-ethyl adjacent to an activating group) is 1. The van der Waals surface area contributed by atoms with Crippen LogP contribution in [0.15, 0.2) is 18.2 Å². The van der Waals surface area contributed by atoms with Gasteiger partial charge in [-0.3, -0.25) is 9.69 Å². The number of ether oxygens (including phenoxy) is 1. The maximum absolute atomic E-state index is 12.3. The summed E-state index contributed by atoms with van der Waals surface area (Å²) in [5.41, 5.74) is 7.05. The molecule has 1 unspecified atom stereocenters. The fraction of sp³-hybridized carbons (Fsp3) is 0.533. The Kier molecular flexibility index (Phi) is 4.49. The summed E-state index contributed by atoms with van der Waals surface area (Å²) in [4.78, 5) is 14.4. The van der Waals surface area contributed by atoms with Gasteiger partial charge in [-0.2, -0.15) is 0 Å². The molecule has 1 atom stereocenters. The maximum Gasteiger partial charge on any atom is 0.241 e. The molecule has 0 aromatic heterocycles. The van der Waals surface area contributed by atoms with Gasteiger partial charge in [-0.1, -0.05) is 6.42 Å². The Morgan fingerprint density at radius 2 is 2.20 bits per heavy atom. The van der Waals surface area contributed by atoms with Crippen molar-refractivity contribution in [1.82, 2.24) is 4.90 Å². The molecule has 1 amide bonds. The summed E-state index contributed by atoms with van der Waals surface area (Å²) < 4.78 is 5.09. The summed E-state index contributed by atoms with van der Waals surface area (Å²) in [6, 6.07) is 5.62. The molecule has 1 saturated carbocycles. The topological polar surface area (TPSA) is 67.6 Å². The summed E-state index contributed by atoms with van der Waals surface area (Å²) in [6.07, 6.45) is 3.62. The van der Waals surface area contributed by atoms with Crippen LogP contribution in [0.5, 0.6) is 5.75 Å². The van der Waals surface area contributed by atoms with Crippen molar-refractivity contribution in [2.45, 2.75) is 38.3 Å². The van der Waals surface area contributed by atoms with Gasteiger partial charge < -0.3 is 15.8 Å². The van der Waals surface area contributed by atoms with Gasteiger partial charge in [-0.05, 0) is 38.9 Å².